The third-order valence-corrected chi connectivity index (χ3v) is 2.74. The summed E-state index contributed by atoms with van der Waals surface area (Å²) in [4.78, 5) is 11.3. The van der Waals surface area contributed by atoms with Crippen molar-refractivity contribution >= 4 is 5.91 Å². The number of nitrogens with two attached hydrogens (primary N) is 2. The maximum absolute atomic E-state index is 11.3. The lowest BCUT2D eigenvalue weighted by Crippen LogP contribution is -2.45. The molecule has 1 rings (SSSR count). The molecule has 0 bridgehead atoms. The van der Waals surface area contributed by atoms with Crippen molar-refractivity contribution in [2.24, 2.45) is 16.9 Å². The van der Waals surface area contributed by atoms with Crippen LogP contribution in [-0.2, 0) is 0 Å². The van der Waals surface area contributed by atoms with Crippen LogP contribution < -0.4 is 16.2 Å². The predicted molar refractivity (Wildman–Crippen MR) is 72.5 cm³/mol. The quantitative estimate of drug-likeness (QED) is 0.857. The fraction of sp³-hybridized carbons (Fsp3) is 0.500. The monoisotopic (exact) mass is 250 g/mol. The van der Waals surface area contributed by atoms with Crippen molar-refractivity contribution in [1.29, 1.82) is 0 Å². The Balaban J connectivity index is 3.05. The number of benzene rings is 1. The Morgan fingerprint density at radius 2 is 1.83 bits per heavy atom. The summed E-state index contributed by atoms with van der Waals surface area (Å²) in [6, 6.07) is 6.80. The largest absolute Gasteiger partial charge is 0.487 e. The van der Waals surface area contributed by atoms with Crippen LogP contribution in [0.2, 0.25) is 0 Å². The van der Waals surface area contributed by atoms with E-state index in [0.29, 0.717) is 11.3 Å². The number of carbonyl (C=O) groups excluding carboxylic acids is 1. The first kappa shape index (κ1) is 14.5. The maximum atomic E-state index is 11.3. The summed E-state index contributed by atoms with van der Waals surface area (Å²) < 4.78 is 5.91. The molecule has 4 nitrogen and oxygen atoms in total. The lowest BCUT2D eigenvalue weighted by molar-refractivity contribution is 0.0666. The summed E-state index contributed by atoms with van der Waals surface area (Å²) in [7, 11) is 0. The molecule has 4 heteroatoms. The van der Waals surface area contributed by atoms with Crippen LogP contribution in [0, 0.1) is 5.41 Å². The van der Waals surface area contributed by atoms with E-state index in [1.165, 1.54) is 0 Å². The van der Waals surface area contributed by atoms with Gasteiger partial charge >= 0.3 is 0 Å². The maximum Gasteiger partial charge on any atom is 0.252 e. The Bertz CT molecular complexity index is 422. The first-order chi connectivity index (χ1) is 8.23. The molecule has 2 unspecified atom stereocenters. The van der Waals surface area contributed by atoms with Gasteiger partial charge in [0.1, 0.15) is 11.9 Å². The van der Waals surface area contributed by atoms with Crippen LogP contribution in [0.3, 0.4) is 0 Å². The molecular weight excluding hydrogens is 228 g/mol. The molecule has 1 aromatic rings. The Kier molecular flexibility index (Phi) is 4.35. The molecule has 4 N–H and O–H groups in total. The van der Waals surface area contributed by atoms with E-state index in [1.54, 1.807) is 18.2 Å². The van der Waals surface area contributed by atoms with E-state index in [0.717, 1.165) is 0 Å². The van der Waals surface area contributed by atoms with Crippen molar-refractivity contribution in [3.63, 3.8) is 0 Å². The zero-order valence-corrected chi connectivity index (χ0v) is 11.4. The normalized spacial score (nSPS) is 14.9. The molecule has 100 valence electrons. The highest BCUT2D eigenvalue weighted by Gasteiger charge is 2.30. The molecule has 0 fully saturated rings. The zero-order chi connectivity index (χ0) is 13.9. The summed E-state index contributed by atoms with van der Waals surface area (Å²) in [6.07, 6.45) is -0.196. The van der Waals surface area contributed by atoms with Crippen LogP contribution in [0.15, 0.2) is 24.3 Å². The summed E-state index contributed by atoms with van der Waals surface area (Å²) in [5, 5.41) is 0. The van der Waals surface area contributed by atoms with Crippen LogP contribution in [0.25, 0.3) is 0 Å². The molecule has 18 heavy (non-hydrogen) atoms. The molecule has 0 saturated heterocycles. The summed E-state index contributed by atoms with van der Waals surface area (Å²) >= 11 is 0. The molecule has 0 saturated carbocycles. The van der Waals surface area contributed by atoms with Gasteiger partial charge in [-0.15, -0.1) is 0 Å². The smallest absolute Gasteiger partial charge is 0.252 e. The fourth-order valence-electron chi connectivity index (χ4n) is 1.98. The highest BCUT2D eigenvalue weighted by molar-refractivity contribution is 5.95. The predicted octanol–water partition coefficient (Wildman–Crippen LogP) is 1.93. The van der Waals surface area contributed by atoms with Gasteiger partial charge in [0.05, 0.1) is 5.56 Å². The number of ether oxygens (including phenoxy) is 1. The Labute approximate surface area is 108 Å². The fourth-order valence-corrected chi connectivity index (χ4v) is 1.98. The molecule has 0 spiro atoms. The van der Waals surface area contributed by atoms with Crippen LogP contribution in [0.1, 0.15) is 38.1 Å². The Hall–Kier alpha value is -1.55. The van der Waals surface area contributed by atoms with E-state index in [-0.39, 0.29) is 17.6 Å². The van der Waals surface area contributed by atoms with E-state index < -0.39 is 5.91 Å². The second kappa shape index (κ2) is 5.40. The minimum atomic E-state index is -0.497. The third-order valence-electron chi connectivity index (χ3n) is 2.74. The van der Waals surface area contributed by atoms with Gasteiger partial charge in [-0.05, 0) is 19.1 Å². The second-order valence-corrected chi connectivity index (χ2v) is 5.62. The van der Waals surface area contributed by atoms with Gasteiger partial charge in [0.15, 0.2) is 0 Å². The number of primary amides is 1. The highest BCUT2D eigenvalue weighted by atomic mass is 16.5. The molecule has 0 aliphatic carbocycles. The third kappa shape index (κ3) is 3.47. The van der Waals surface area contributed by atoms with Crippen LogP contribution in [0.5, 0.6) is 5.75 Å². The van der Waals surface area contributed by atoms with E-state index in [9.17, 15) is 4.79 Å². The lowest BCUT2D eigenvalue weighted by atomic mass is 9.85. The van der Waals surface area contributed by atoms with Gasteiger partial charge in [-0.25, -0.2) is 0 Å². The first-order valence-corrected chi connectivity index (χ1v) is 6.04. The zero-order valence-electron chi connectivity index (χ0n) is 11.4. The summed E-state index contributed by atoms with van der Waals surface area (Å²) in [5.74, 6) is -0.00911. The van der Waals surface area contributed by atoms with E-state index in [2.05, 4.69) is 0 Å². The van der Waals surface area contributed by atoms with Crippen molar-refractivity contribution in [1.82, 2.24) is 0 Å². The van der Waals surface area contributed by atoms with Crippen molar-refractivity contribution < 1.29 is 9.53 Å². The minimum absolute atomic E-state index is 0.126. The van der Waals surface area contributed by atoms with Gasteiger partial charge in [-0.2, -0.15) is 0 Å². The lowest BCUT2D eigenvalue weighted by Gasteiger charge is -2.34. The number of amides is 1. The average Bonchev–Trinajstić information content (AvgIpc) is 2.24. The van der Waals surface area contributed by atoms with Crippen molar-refractivity contribution in [3.05, 3.63) is 29.8 Å². The Morgan fingerprint density at radius 3 is 2.28 bits per heavy atom. The van der Waals surface area contributed by atoms with E-state index >= 15 is 0 Å². The first-order valence-electron chi connectivity index (χ1n) is 6.04. The van der Waals surface area contributed by atoms with Gasteiger partial charge in [-0.3, -0.25) is 4.79 Å². The van der Waals surface area contributed by atoms with Crippen molar-refractivity contribution in [2.75, 3.05) is 0 Å². The van der Waals surface area contributed by atoms with Gasteiger partial charge in [0, 0.05) is 11.5 Å². The van der Waals surface area contributed by atoms with E-state index in [4.69, 9.17) is 16.2 Å². The number of hydrogen-bond donors (Lipinski definition) is 2. The molecule has 0 aromatic heterocycles. The Morgan fingerprint density at radius 1 is 1.28 bits per heavy atom. The summed E-state index contributed by atoms with van der Waals surface area (Å²) in [5.41, 5.74) is 11.5. The molecule has 0 aliphatic heterocycles. The standard InChI is InChI=1S/C14H22N2O2/c1-9(15)12(14(2,3)4)18-11-8-6-5-7-10(11)13(16)17/h5-9,12H,15H2,1-4H3,(H2,16,17). The number of carbonyl (C=O) groups is 1. The highest BCUT2D eigenvalue weighted by Crippen LogP contribution is 2.28. The molecule has 1 amide bonds. The van der Waals surface area contributed by atoms with Gasteiger partial charge in [0.25, 0.3) is 5.91 Å². The molecule has 0 heterocycles. The topological polar surface area (TPSA) is 78.3 Å². The van der Waals surface area contributed by atoms with Crippen LogP contribution >= 0.6 is 0 Å². The summed E-state index contributed by atoms with van der Waals surface area (Å²) in [6.45, 7) is 8.04. The van der Waals surface area contributed by atoms with Crippen LogP contribution in [-0.4, -0.2) is 18.1 Å². The number of rotatable bonds is 4. The number of para-hydroxylation sites is 1. The van der Waals surface area contributed by atoms with Gasteiger partial charge in [-0.1, -0.05) is 32.9 Å². The molecular formula is C14H22N2O2. The average molecular weight is 250 g/mol. The minimum Gasteiger partial charge on any atom is -0.487 e. The number of hydrogen-bond acceptors (Lipinski definition) is 3. The molecule has 2 atom stereocenters. The SMILES string of the molecule is CC(N)C(Oc1ccccc1C(N)=O)C(C)(C)C. The van der Waals surface area contributed by atoms with Crippen molar-refractivity contribution in [2.45, 2.75) is 39.8 Å². The van der Waals surface area contributed by atoms with Gasteiger partial charge < -0.3 is 16.2 Å². The van der Waals surface area contributed by atoms with Crippen LogP contribution in [0.4, 0.5) is 0 Å². The molecule has 0 aliphatic rings. The van der Waals surface area contributed by atoms with E-state index in [1.807, 2.05) is 33.8 Å². The van der Waals surface area contributed by atoms with Crippen molar-refractivity contribution in [3.8, 4) is 5.75 Å². The molecule has 1 aromatic carbocycles. The van der Waals surface area contributed by atoms with Gasteiger partial charge in [0.2, 0.25) is 0 Å². The second-order valence-electron chi connectivity index (χ2n) is 5.62. The molecule has 0 radical (unpaired) electrons.